The number of nitrogens with one attached hydrogen (secondary N) is 1. The van der Waals surface area contributed by atoms with E-state index in [4.69, 9.17) is 4.42 Å². The van der Waals surface area contributed by atoms with Crippen LogP contribution in [0.2, 0.25) is 0 Å². The summed E-state index contributed by atoms with van der Waals surface area (Å²) >= 11 is 0. The van der Waals surface area contributed by atoms with Crippen LogP contribution in [0.5, 0.6) is 0 Å². The number of aryl methyl sites for hydroxylation is 1. The number of benzene rings is 1. The van der Waals surface area contributed by atoms with Crippen molar-refractivity contribution in [3.8, 4) is 0 Å². The zero-order chi connectivity index (χ0) is 15.3. The number of nitrogens with zero attached hydrogens (tertiary/aromatic N) is 2. The molecule has 1 N–H and O–H groups in total. The molecule has 2 rings (SSSR count). The second-order valence-corrected chi connectivity index (χ2v) is 6.20. The fraction of sp³-hybridized carbons (Fsp3) is 0.529. The minimum absolute atomic E-state index is 0.261. The van der Waals surface area contributed by atoms with Crippen molar-refractivity contribution in [2.75, 3.05) is 6.54 Å². The van der Waals surface area contributed by atoms with Gasteiger partial charge in [0.1, 0.15) is 0 Å². The third kappa shape index (κ3) is 4.14. The van der Waals surface area contributed by atoms with Crippen LogP contribution in [-0.4, -0.2) is 22.8 Å². The summed E-state index contributed by atoms with van der Waals surface area (Å²) in [5.74, 6) is 1.40. The van der Waals surface area contributed by atoms with Gasteiger partial charge in [-0.1, -0.05) is 44.2 Å². The second kappa shape index (κ2) is 6.85. The molecule has 0 fully saturated rings. The number of hydrogen-bond donors (Lipinski definition) is 1. The van der Waals surface area contributed by atoms with Crippen LogP contribution in [0.25, 0.3) is 0 Å². The molecule has 0 spiro atoms. The van der Waals surface area contributed by atoms with Crippen LogP contribution in [0, 0.1) is 0 Å². The van der Waals surface area contributed by atoms with Crippen molar-refractivity contribution in [1.29, 1.82) is 0 Å². The van der Waals surface area contributed by atoms with Gasteiger partial charge < -0.3 is 9.73 Å². The van der Waals surface area contributed by atoms with Gasteiger partial charge in [0.25, 0.3) is 0 Å². The Morgan fingerprint density at radius 1 is 1.14 bits per heavy atom. The lowest BCUT2D eigenvalue weighted by Gasteiger charge is -2.20. The van der Waals surface area contributed by atoms with E-state index in [0.29, 0.717) is 11.9 Å². The normalized spacial score (nSPS) is 12.0. The fourth-order valence-corrected chi connectivity index (χ4v) is 2.22. The van der Waals surface area contributed by atoms with Crippen molar-refractivity contribution in [2.45, 2.75) is 52.0 Å². The highest BCUT2D eigenvalue weighted by molar-refractivity contribution is 5.29. The highest BCUT2D eigenvalue weighted by Gasteiger charge is 2.29. The molecule has 0 radical (unpaired) electrons. The zero-order valence-electron chi connectivity index (χ0n) is 13.4. The summed E-state index contributed by atoms with van der Waals surface area (Å²) in [6, 6.07) is 10.8. The van der Waals surface area contributed by atoms with Crippen LogP contribution in [0.3, 0.4) is 0 Å². The molecule has 0 saturated carbocycles. The van der Waals surface area contributed by atoms with Crippen molar-refractivity contribution in [3.63, 3.8) is 0 Å². The van der Waals surface area contributed by atoms with Crippen molar-refractivity contribution in [2.24, 2.45) is 0 Å². The first kappa shape index (κ1) is 15.7. The summed E-state index contributed by atoms with van der Waals surface area (Å²) in [4.78, 5) is 0. The van der Waals surface area contributed by atoms with Crippen LogP contribution in [0.1, 0.15) is 51.5 Å². The summed E-state index contributed by atoms with van der Waals surface area (Å²) in [5, 5.41) is 11.8. The standard InChI is InChI=1S/C17H25N3O/c1-13(2)18-12-8-11-15-19-20-16(21-15)17(3,4)14-9-6-5-7-10-14/h5-7,9-10,13,18H,8,11-12H2,1-4H3. The van der Waals surface area contributed by atoms with Crippen LogP contribution >= 0.6 is 0 Å². The lowest BCUT2D eigenvalue weighted by Crippen LogP contribution is -2.23. The fourth-order valence-electron chi connectivity index (χ4n) is 2.22. The second-order valence-electron chi connectivity index (χ2n) is 6.20. The summed E-state index contributed by atoms with van der Waals surface area (Å²) in [6.45, 7) is 9.48. The van der Waals surface area contributed by atoms with E-state index >= 15 is 0 Å². The Morgan fingerprint density at radius 3 is 2.52 bits per heavy atom. The van der Waals surface area contributed by atoms with Gasteiger partial charge in [-0.25, -0.2) is 0 Å². The Balaban J connectivity index is 1.99. The molecule has 0 aliphatic rings. The van der Waals surface area contributed by atoms with E-state index in [-0.39, 0.29) is 5.41 Å². The Bertz CT molecular complexity index is 546. The van der Waals surface area contributed by atoms with Gasteiger partial charge in [0.2, 0.25) is 11.8 Å². The molecular weight excluding hydrogens is 262 g/mol. The molecule has 4 nitrogen and oxygen atoms in total. The largest absolute Gasteiger partial charge is 0.424 e. The van der Waals surface area contributed by atoms with E-state index in [1.54, 1.807) is 0 Å². The lowest BCUT2D eigenvalue weighted by molar-refractivity contribution is 0.384. The molecule has 114 valence electrons. The maximum atomic E-state index is 5.86. The first-order valence-corrected chi connectivity index (χ1v) is 7.62. The molecule has 21 heavy (non-hydrogen) atoms. The molecular formula is C17H25N3O. The minimum Gasteiger partial charge on any atom is -0.424 e. The molecule has 0 bridgehead atoms. The minimum atomic E-state index is -0.261. The van der Waals surface area contributed by atoms with Gasteiger partial charge in [0, 0.05) is 12.5 Å². The van der Waals surface area contributed by atoms with Crippen molar-refractivity contribution in [3.05, 3.63) is 47.7 Å². The summed E-state index contributed by atoms with van der Waals surface area (Å²) in [6.07, 6.45) is 1.82. The summed E-state index contributed by atoms with van der Waals surface area (Å²) in [5.41, 5.74) is 0.921. The van der Waals surface area contributed by atoms with Crippen LogP contribution in [0.15, 0.2) is 34.7 Å². The molecule has 0 aliphatic heterocycles. The predicted octanol–water partition coefficient (Wildman–Crippen LogP) is 3.33. The van der Waals surface area contributed by atoms with E-state index in [1.165, 1.54) is 5.56 Å². The number of rotatable bonds is 7. The third-order valence-electron chi connectivity index (χ3n) is 3.62. The monoisotopic (exact) mass is 287 g/mol. The van der Waals surface area contributed by atoms with E-state index in [1.807, 2.05) is 18.2 Å². The first-order valence-electron chi connectivity index (χ1n) is 7.62. The Morgan fingerprint density at radius 2 is 1.86 bits per heavy atom. The maximum absolute atomic E-state index is 5.86. The SMILES string of the molecule is CC(C)NCCCc1nnc(C(C)(C)c2ccccc2)o1. The molecule has 0 amide bonds. The van der Waals surface area contributed by atoms with Crippen LogP contribution in [-0.2, 0) is 11.8 Å². The number of hydrogen-bond acceptors (Lipinski definition) is 4. The molecule has 0 aliphatic carbocycles. The first-order chi connectivity index (χ1) is 10.00. The van der Waals surface area contributed by atoms with Gasteiger partial charge >= 0.3 is 0 Å². The van der Waals surface area contributed by atoms with Gasteiger partial charge in [-0.2, -0.15) is 0 Å². The third-order valence-corrected chi connectivity index (χ3v) is 3.62. The van der Waals surface area contributed by atoms with Gasteiger partial charge in [0.05, 0.1) is 5.41 Å². The Labute approximate surface area is 127 Å². The summed E-state index contributed by atoms with van der Waals surface area (Å²) < 4.78 is 5.86. The zero-order valence-corrected chi connectivity index (χ0v) is 13.4. The van der Waals surface area contributed by atoms with Crippen LogP contribution in [0.4, 0.5) is 0 Å². The van der Waals surface area contributed by atoms with Gasteiger partial charge in [-0.3, -0.25) is 0 Å². The maximum Gasteiger partial charge on any atom is 0.226 e. The van der Waals surface area contributed by atoms with Crippen LogP contribution < -0.4 is 5.32 Å². The number of aromatic nitrogens is 2. The molecule has 4 heteroatoms. The highest BCUT2D eigenvalue weighted by Crippen LogP contribution is 2.30. The smallest absolute Gasteiger partial charge is 0.226 e. The molecule has 1 aromatic carbocycles. The summed E-state index contributed by atoms with van der Waals surface area (Å²) in [7, 11) is 0. The average molecular weight is 287 g/mol. The molecule has 2 aromatic rings. The predicted molar refractivity (Wildman–Crippen MR) is 84.3 cm³/mol. The van der Waals surface area contributed by atoms with Gasteiger partial charge in [-0.15, -0.1) is 10.2 Å². The molecule has 0 unspecified atom stereocenters. The van der Waals surface area contributed by atoms with E-state index < -0.39 is 0 Å². The molecule has 1 aromatic heterocycles. The highest BCUT2D eigenvalue weighted by atomic mass is 16.4. The average Bonchev–Trinajstić information content (AvgIpc) is 2.94. The van der Waals surface area contributed by atoms with Crippen molar-refractivity contribution < 1.29 is 4.42 Å². The Kier molecular flexibility index (Phi) is 5.12. The lowest BCUT2D eigenvalue weighted by atomic mass is 9.85. The topological polar surface area (TPSA) is 51.0 Å². The molecule has 0 saturated heterocycles. The van der Waals surface area contributed by atoms with E-state index in [2.05, 4.69) is 55.3 Å². The van der Waals surface area contributed by atoms with Crippen molar-refractivity contribution in [1.82, 2.24) is 15.5 Å². The quantitative estimate of drug-likeness (QED) is 0.794. The Hall–Kier alpha value is -1.68. The molecule has 1 heterocycles. The van der Waals surface area contributed by atoms with Crippen molar-refractivity contribution >= 4 is 0 Å². The van der Waals surface area contributed by atoms with E-state index in [9.17, 15) is 0 Å². The van der Waals surface area contributed by atoms with E-state index in [0.717, 1.165) is 25.3 Å². The van der Waals surface area contributed by atoms with Gasteiger partial charge in [-0.05, 0) is 32.4 Å². The molecule has 0 atom stereocenters. The van der Waals surface area contributed by atoms with Gasteiger partial charge in [0.15, 0.2) is 0 Å².